The van der Waals surface area contributed by atoms with Crippen LogP contribution in [0.3, 0.4) is 0 Å². The second-order valence-electron chi connectivity index (χ2n) is 4.70. The minimum absolute atomic E-state index is 0.0849. The van der Waals surface area contributed by atoms with Gasteiger partial charge in [0.05, 0.1) is 23.7 Å². The summed E-state index contributed by atoms with van der Waals surface area (Å²) in [4.78, 5) is 13.6. The van der Waals surface area contributed by atoms with Gasteiger partial charge in [-0.1, -0.05) is 13.8 Å². The van der Waals surface area contributed by atoms with Gasteiger partial charge in [0.1, 0.15) is 0 Å². The predicted octanol–water partition coefficient (Wildman–Crippen LogP) is 1.73. The standard InChI is InChI=1S/C14H21NO4S/c1-5-20(17,18)13-8-6-12(7-9-13)15(3)10-11(2)14(16)19-4/h6-9,11H,5,10H2,1-4H3. The van der Waals surface area contributed by atoms with Crippen LogP contribution < -0.4 is 4.90 Å². The lowest BCUT2D eigenvalue weighted by Gasteiger charge is -2.22. The molecule has 0 aliphatic rings. The number of esters is 1. The Bertz CT molecular complexity index is 551. The molecule has 5 nitrogen and oxygen atoms in total. The van der Waals surface area contributed by atoms with E-state index in [0.717, 1.165) is 5.69 Å². The van der Waals surface area contributed by atoms with Crippen molar-refractivity contribution in [2.75, 3.05) is 31.4 Å². The van der Waals surface area contributed by atoms with Gasteiger partial charge in [-0.05, 0) is 24.3 Å². The van der Waals surface area contributed by atoms with Gasteiger partial charge in [0.2, 0.25) is 0 Å². The first kappa shape index (κ1) is 16.5. The molecule has 0 saturated heterocycles. The number of sulfone groups is 1. The van der Waals surface area contributed by atoms with Crippen LogP contribution in [0, 0.1) is 5.92 Å². The van der Waals surface area contributed by atoms with Crippen molar-refractivity contribution in [3.05, 3.63) is 24.3 Å². The summed E-state index contributed by atoms with van der Waals surface area (Å²) in [6.07, 6.45) is 0. The summed E-state index contributed by atoms with van der Waals surface area (Å²) in [6.45, 7) is 3.91. The molecule has 0 bridgehead atoms. The Morgan fingerprint density at radius 1 is 1.30 bits per heavy atom. The summed E-state index contributed by atoms with van der Waals surface area (Å²) < 4.78 is 28.1. The van der Waals surface area contributed by atoms with Crippen molar-refractivity contribution in [3.8, 4) is 0 Å². The lowest BCUT2D eigenvalue weighted by Crippen LogP contribution is -2.29. The van der Waals surface area contributed by atoms with Crippen LogP contribution in [0.5, 0.6) is 0 Å². The van der Waals surface area contributed by atoms with Crippen molar-refractivity contribution in [2.45, 2.75) is 18.7 Å². The number of hydrogen-bond acceptors (Lipinski definition) is 5. The largest absolute Gasteiger partial charge is 0.469 e. The number of benzene rings is 1. The maximum atomic E-state index is 11.7. The molecule has 0 N–H and O–H groups in total. The highest BCUT2D eigenvalue weighted by Gasteiger charge is 2.16. The van der Waals surface area contributed by atoms with E-state index in [0.29, 0.717) is 11.4 Å². The highest BCUT2D eigenvalue weighted by Crippen LogP contribution is 2.19. The van der Waals surface area contributed by atoms with Crippen LogP contribution >= 0.6 is 0 Å². The van der Waals surface area contributed by atoms with Crippen molar-refractivity contribution in [2.24, 2.45) is 5.92 Å². The monoisotopic (exact) mass is 299 g/mol. The normalized spacial score (nSPS) is 12.8. The summed E-state index contributed by atoms with van der Waals surface area (Å²) in [6, 6.07) is 6.67. The topological polar surface area (TPSA) is 63.7 Å². The van der Waals surface area contributed by atoms with Gasteiger partial charge in [-0.2, -0.15) is 0 Å². The molecule has 0 saturated carbocycles. The van der Waals surface area contributed by atoms with Crippen molar-refractivity contribution in [1.82, 2.24) is 0 Å². The number of carbonyl (C=O) groups is 1. The van der Waals surface area contributed by atoms with E-state index in [1.807, 2.05) is 11.9 Å². The molecule has 0 fully saturated rings. The third-order valence-electron chi connectivity index (χ3n) is 3.17. The van der Waals surface area contributed by atoms with E-state index < -0.39 is 9.84 Å². The number of hydrogen-bond donors (Lipinski definition) is 0. The molecule has 0 radical (unpaired) electrons. The van der Waals surface area contributed by atoms with Gasteiger partial charge in [-0.25, -0.2) is 8.42 Å². The van der Waals surface area contributed by atoms with E-state index in [9.17, 15) is 13.2 Å². The second kappa shape index (κ2) is 6.74. The number of nitrogens with zero attached hydrogens (tertiary/aromatic N) is 1. The number of carbonyl (C=O) groups excluding carboxylic acids is 1. The maximum absolute atomic E-state index is 11.7. The number of anilines is 1. The van der Waals surface area contributed by atoms with E-state index in [1.54, 1.807) is 38.1 Å². The highest BCUT2D eigenvalue weighted by atomic mass is 32.2. The first-order chi connectivity index (χ1) is 9.31. The van der Waals surface area contributed by atoms with Crippen LogP contribution in [-0.4, -0.2) is 40.8 Å². The molecule has 0 spiro atoms. The smallest absolute Gasteiger partial charge is 0.310 e. The van der Waals surface area contributed by atoms with Crippen LogP contribution in [0.15, 0.2) is 29.2 Å². The first-order valence-electron chi connectivity index (χ1n) is 6.43. The Balaban J connectivity index is 2.81. The lowest BCUT2D eigenvalue weighted by molar-refractivity contribution is -0.144. The van der Waals surface area contributed by atoms with Gasteiger partial charge in [0, 0.05) is 19.3 Å². The maximum Gasteiger partial charge on any atom is 0.310 e. The second-order valence-corrected chi connectivity index (χ2v) is 6.98. The molecule has 1 unspecified atom stereocenters. The van der Waals surface area contributed by atoms with E-state index in [-0.39, 0.29) is 17.6 Å². The predicted molar refractivity (Wildman–Crippen MR) is 78.6 cm³/mol. The van der Waals surface area contributed by atoms with Crippen molar-refractivity contribution in [1.29, 1.82) is 0 Å². The zero-order valence-corrected chi connectivity index (χ0v) is 13.1. The summed E-state index contributed by atoms with van der Waals surface area (Å²) in [5.74, 6) is -0.423. The highest BCUT2D eigenvalue weighted by molar-refractivity contribution is 7.91. The van der Waals surface area contributed by atoms with Crippen LogP contribution in [0.1, 0.15) is 13.8 Å². The molecule has 1 aromatic rings. The van der Waals surface area contributed by atoms with Crippen molar-refractivity contribution in [3.63, 3.8) is 0 Å². The fourth-order valence-electron chi connectivity index (χ4n) is 1.87. The summed E-state index contributed by atoms with van der Waals surface area (Å²) >= 11 is 0. The lowest BCUT2D eigenvalue weighted by atomic mass is 10.1. The van der Waals surface area contributed by atoms with Crippen LogP contribution in [0.2, 0.25) is 0 Å². The molecule has 0 aliphatic carbocycles. The molecule has 0 heterocycles. The average Bonchev–Trinajstić information content (AvgIpc) is 2.46. The molecule has 112 valence electrons. The molecule has 6 heteroatoms. The van der Waals surface area contributed by atoms with Crippen LogP contribution in [0.4, 0.5) is 5.69 Å². The van der Waals surface area contributed by atoms with Gasteiger partial charge in [0.15, 0.2) is 9.84 Å². The zero-order chi connectivity index (χ0) is 15.3. The Morgan fingerprint density at radius 2 is 1.85 bits per heavy atom. The Morgan fingerprint density at radius 3 is 2.30 bits per heavy atom. The van der Waals surface area contributed by atoms with Crippen LogP contribution in [-0.2, 0) is 19.4 Å². The van der Waals surface area contributed by atoms with E-state index in [4.69, 9.17) is 0 Å². The molecule has 0 aliphatic heterocycles. The molecule has 1 atom stereocenters. The van der Waals surface area contributed by atoms with E-state index in [1.165, 1.54) is 7.11 Å². The average molecular weight is 299 g/mol. The summed E-state index contributed by atoms with van der Waals surface area (Å²) in [5.41, 5.74) is 0.857. The first-order valence-corrected chi connectivity index (χ1v) is 8.08. The zero-order valence-electron chi connectivity index (χ0n) is 12.3. The fraction of sp³-hybridized carbons (Fsp3) is 0.500. The van der Waals surface area contributed by atoms with Crippen LogP contribution in [0.25, 0.3) is 0 Å². The Labute approximate surface area is 120 Å². The fourth-order valence-corrected chi connectivity index (χ4v) is 2.75. The number of methoxy groups -OCH3 is 1. The quantitative estimate of drug-likeness (QED) is 0.749. The van der Waals surface area contributed by atoms with E-state index in [2.05, 4.69) is 4.74 Å². The van der Waals surface area contributed by atoms with Gasteiger partial charge in [0.25, 0.3) is 0 Å². The van der Waals surface area contributed by atoms with Gasteiger partial charge in [-0.15, -0.1) is 0 Å². The summed E-state index contributed by atoms with van der Waals surface area (Å²) in [5, 5.41) is 0. The van der Waals surface area contributed by atoms with Gasteiger partial charge < -0.3 is 9.64 Å². The third-order valence-corrected chi connectivity index (χ3v) is 4.92. The molecule has 1 rings (SSSR count). The third kappa shape index (κ3) is 3.96. The Kier molecular flexibility index (Phi) is 5.56. The van der Waals surface area contributed by atoms with Crippen molar-refractivity contribution >= 4 is 21.5 Å². The minimum Gasteiger partial charge on any atom is -0.469 e. The molecule has 0 amide bonds. The molecule has 20 heavy (non-hydrogen) atoms. The Hall–Kier alpha value is -1.56. The van der Waals surface area contributed by atoms with Crippen molar-refractivity contribution < 1.29 is 17.9 Å². The molecular weight excluding hydrogens is 278 g/mol. The number of ether oxygens (including phenoxy) is 1. The van der Waals surface area contributed by atoms with Gasteiger partial charge in [-0.3, -0.25) is 4.79 Å². The van der Waals surface area contributed by atoms with E-state index >= 15 is 0 Å². The number of rotatable bonds is 6. The minimum atomic E-state index is -3.17. The summed E-state index contributed by atoms with van der Waals surface area (Å²) in [7, 11) is 0.0406. The molecule has 0 aromatic heterocycles. The van der Waals surface area contributed by atoms with Gasteiger partial charge >= 0.3 is 5.97 Å². The molecule has 1 aromatic carbocycles. The SMILES string of the molecule is CCS(=O)(=O)c1ccc(N(C)CC(C)C(=O)OC)cc1. The molecular formula is C14H21NO4S.